The molecule has 0 amide bonds. The molecule has 2 heterocycles. The fourth-order valence-electron chi connectivity index (χ4n) is 2.35. The molecular weight excluding hydrogens is 325 g/mol. The Balaban J connectivity index is 1.90. The number of hydrogen-bond acceptors (Lipinski definition) is 4. The maximum absolute atomic E-state index is 6.35. The van der Waals surface area contributed by atoms with E-state index in [0.717, 1.165) is 17.7 Å². The molecule has 5 nitrogen and oxygen atoms in total. The van der Waals surface area contributed by atoms with Gasteiger partial charge in [0, 0.05) is 17.9 Å². The van der Waals surface area contributed by atoms with Crippen LogP contribution in [0.3, 0.4) is 0 Å². The Morgan fingerprint density at radius 2 is 2.18 bits per heavy atom. The van der Waals surface area contributed by atoms with Crippen molar-refractivity contribution >= 4 is 23.2 Å². The van der Waals surface area contributed by atoms with E-state index in [9.17, 15) is 0 Å². The van der Waals surface area contributed by atoms with Crippen LogP contribution in [0.25, 0.3) is 0 Å². The molecule has 1 aromatic heterocycles. The number of hydrogen-bond donors (Lipinski definition) is 0. The van der Waals surface area contributed by atoms with Crippen LogP contribution in [0.5, 0.6) is 0 Å². The van der Waals surface area contributed by atoms with Crippen molar-refractivity contribution in [2.24, 2.45) is 0 Å². The summed E-state index contributed by atoms with van der Waals surface area (Å²) >= 11 is 12.3. The van der Waals surface area contributed by atoms with E-state index < -0.39 is 5.79 Å². The molecule has 0 aliphatic carbocycles. The highest BCUT2D eigenvalue weighted by atomic mass is 35.5. The van der Waals surface area contributed by atoms with E-state index in [1.165, 1.54) is 6.33 Å². The van der Waals surface area contributed by atoms with Crippen molar-refractivity contribution in [3.05, 3.63) is 58.5 Å². The molecule has 0 saturated heterocycles. The average Bonchev–Trinajstić information content (AvgIpc) is 3.15. The van der Waals surface area contributed by atoms with E-state index in [-0.39, 0.29) is 0 Å². The van der Waals surface area contributed by atoms with Gasteiger partial charge in [-0.15, -0.1) is 0 Å². The number of nitrogens with zero attached hydrogens (tertiary/aromatic N) is 3. The van der Waals surface area contributed by atoms with Crippen molar-refractivity contribution in [2.75, 3.05) is 0 Å². The van der Waals surface area contributed by atoms with E-state index in [4.69, 9.17) is 32.7 Å². The molecule has 0 bridgehead atoms. The van der Waals surface area contributed by atoms with Gasteiger partial charge in [-0.2, -0.15) is 5.10 Å². The molecule has 1 atom stereocenters. The standard InChI is InChI=1S/C15H15Cl2N3O2/c1-2-12-8-21-15(22-12,5-6-20-10-18-9-19-20)13-4-3-11(16)7-14(13)17/h3-4,7-10H,2,5-6H2,1H3. The van der Waals surface area contributed by atoms with Gasteiger partial charge in [-0.25, -0.2) is 4.98 Å². The maximum atomic E-state index is 6.35. The second kappa shape index (κ2) is 6.18. The molecule has 7 heteroatoms. The van der Waals surface area contributed by atoms with Gasteiger partial charge >= 0.3 is 0 Å². The van der Waals surface area contributed by atoms with Gasteiger partial charge < -0.3 is 9.47 Å². The van der Waals surface area contributed by atoms with Gasteiger partial charge in [-0.3, -0.25) is 4.68 Å². The monoisotopic (exact) mass is 339 g/mol. The molecule has 0 saturated carbocycles. The van der Waals surface area contributed by atoms with Gasteiger partial charge in [0.15, 0.2) is 0 Å². The number of halogens is 2. The molecule has 3 rings (SSSR count). The van der Waals surface area contributed by atoms with Gasteiger partial charge in [0.25, 0.3) is 5.79 Å². The van der Waals surface area contributed by atoms with Crippen LogP contribution >= 0.6 is 23.2 Å². The predicted molar refractivity (Wildman–Crippen MR) is 83.3 cm³/mol. The van der Waals surface area contributed by atoms with Crippen molar-refractivity contribution < 1.29 is 9.47 Å². The summed E-state index contributed by atoms with van der Waals surface area (Å²) in [4.78, 5) is 3.94. The number of allylic oxidation sites excluding steroid dienone is 1. The Bertz CT molecular complexity index is 688. The lowest BCUT2D eigenvalue weighted by Crippen LogP contribution is -2.30. The second-order valence-electron chi connectivity index (χ2n) is 4.94. The molecule has 1 aromatic carbocycles. The number of aryl methyl sites for hydroxylation is 1. The Labute approximate surface area is 138 Å². The SMILES string of the molecule is CCC1=COC(CCn2cncn2)(c2ccc(Cl)cc2Cl)O1. The fourth-order valence-corrected chi connectivity index (χ4v) is 2.90. The molecular formula is C15H15Cl2N3O2. The van der Waals surface area contributed by atoms with Gasteiger partial charge in [-0.1, -0.05) is 30.1 Å². The maximum Gasteiger partial charge on any atom is 0.280 e. The largest absolute Gasteiger partial charge is 0.452 e. The highest BCUT2D eigenvalue weighted by Crippen LogP contribution is 2.43. The van der Waals surface area contributed by atoms with Crippen molar-refractivity contribution in [3.63, 3.8) is 0 Å². The summed E-state index contributed by atoms with van der Waals surface area (Å²) in [6.07, 6.45) is 6.08. The lowest BCUT2D eigenvalue weighted by Gasteiger charge is -2.29. The highest BCUT2D eigenvalue weighted by Gasteiger charge is 2.42. The first-order chi connectivity index (χ1) is 10.6. The van der Waals surface area contributed by atoms with E-state index in [1.54, 1.807) is 29.4 Å². The summed E-state index contributed by atoms with van der Waals surface area (Å²) in [6, 6.07) is 5.29. The van der Waals surface area contributed by atoms with E-state index >= 15 is 0 Å². The molecule has 1 aliphatic rings. The summed E-state index contributed by atoms with van der Waals surface area (Å²) < 4.78 is 13.7. The van der Waals surface area contributed by atoms with Crippen LogP contribution in [0.1, 0.15) is 25.3 Å². The molecule has 0 fully saturated rings. The topological polar surface area (TPSA) is 49.2 Å². The summed E-state index contributed by atoms with van der Waals surface area (Å²) in [5.74, 6) is -0.177. The fraction of sp³-hybridized carbons (Fsp3) is 0.333. The average molecular weight is 340 g/mol. The third kappa shape index (κ3) is 2.91. The van der Waals surface area contributed by atoms with Gasteiger partial charge in [0.05, 0.1) is 17.1 Å². The second-order valence-corrected chi connectivity index (χ2v) is 5.79. The Kier molecular flexibility index (Phi) is 4.27. The molecule has 1 aliphatic heterocycles. The van der Waals surface area contributed by atoms with Gasteiger partial charge in [-0.05, 0) is 18.2 Å². The predicted octanol–water partition coefficient (Wildman–Crippen LogP) is 4.13. The third-order valence-electron chi connectivity index (χ3n) is 3.50. The van der Waals surface area contributed by atoms with Crippen molar-refractivity contribution in [3.8, 4) is 0 Å². The number of aromatic nitrogens is 3. The van der Waals surface area contributed by atoms with Gasteiger partial charge in [0.1, 0.15) is 24.7 Å². The Morgan fingerprint density at radius 3 is 2.82 bits per heavy atom. The van der Waals surface area contributed by atoms with E-state index in [1.807, 2.05) is 13.0 Å². The van der Waals surface area contributed by atoms with Crippen LogP contribution < -0.4 is 0 Å². The summed E-state index contributed by atoms with van der Waals surface area (Å²) in [7, 11) is 0. The quantitative estimate of drug-likeness (QED) is 0.821. The summed E-state index contributed by atoms with van der Waals surface area (Å²) in [5, 5.41) is 5.18. The van der Waals surface area contributed by atoms with Crippen LogP contribution in [0.15, 0.2) is 42.9 Å². The first-order valence-electron chi connectivity index (χ1n) is 6.97. The van der Waals surface area contributed by atoms with Crippen LogP contribution in [0.4, 0.5) is 0 Å². The molecule has 0 radical (unpaired) electrons. The molecule has 0 spiro atoms. The summed E-state index contributed by atoms with van der Waals surface area (Å²) in [5.41, 5.74) is 0.749. The highest BCUT2D eigenvalue weighted by molar-refractivity contribution is 6.35. The smallest absolute Gasteiger partial charge is 0.280 e. The number of ether oxygens (including phenoxy) is 2. The molecule has 0 N–H and O–H groups in total. The third-order valence-corrected chi connectivity index (χ3v) is 4.05. The minimum atomic E-state index is -0.959. The van der Waals surface area contributed by atoms with Crippen LogP contribution in [0.2, 0.25) is 10.0 Å². The van der Waals surface area contributed by atoms with E-state index in [2.05, 4.69) is 10.1 Å². The molecule has 1 unspecified atom stereocenters. The molecule has 22 heavy (non-hydrogen) atoms. The minimum absolute atomic E-state index is 0.511. The van der Waals surface area contributed by atoms with Crippen LogP contribution in [0, 0.1) is 0 Å². The zero-order valence-corrected chi connectivity index (χ0v) is 13.5. The lowest BCUT2D eigenvalue weighted by molar-refractivity contribution is -0.165. The Morgan fingerprint density at radius 1 is 1.32 bits per heavy atom. The van der Waals surface area contributed by atoms with Crippen molar-refractivity contribution in [1.29, 1.82) is 0 Å². The number of benzene rings is 1. The zero-order chi connectivity index (χ0) is 15.6. The normalized spacial score (nSPS) is 20.4. The van der Waals surface area contributed by atoms with Crippen molar-refractivity contribution in [1.82, 2.24) is 14.8 Å². The van der Waals surface area contributed by atoms with Crippen LogP contribution in [-0.2, 0) is 21.8 Å². The lowest BCUT2D eigenvalue weighted by atomic mass is 10.0. The summed E-state index contributed by atoms with van der Waals surface area (Å²) in [6.45, 7) is 2.59. The van der Waals surface area contributed by atoms with Crippen LogP contribution in [-0.4, -0.2) is 14.8 Å². The Hall–Kier alpha value is -1.72. The zero-order valence-electron chi connectivity index (χ0n) is 12.0. The molecule has 2 aromatic rings. The molecule has 116 valence electrons. The number of rotatable bonds is 5. The van der Waals surface area contributed by atoms with Gasteiger partial charge in [0.2, 0.25) is 0 Å². The minimum Gasteiger partial charge on any atom is -0.452 e. The van der Waals surface area contributed by atoms with E-state index in [0.29, 0.717) is 23.0 Å². The first kappa shape index (κ1) is 15.2. The van der Waals surface area contributed by atoms with Crippen molar-refractivity contribution in [2.45, 2.75) is 32.1 Å². The first-order valence-corrected chi connectivity index (χ1v) is 7.72.